The fraction of sp³-hybridized carbons (Fsp3) is 0.667. The van der Waals surface area contributed by atoms with Gasteiger partial charge < -0.3 is 15.0 Å². The van der Waals surface area contributed by atoms with Crippen LogP contribution in [0.1, 0.15) is 11.5 Å². The standard InChI is InChI=1S/C9H15N3O2/c10-6-9-5-8(11-14-9)7-12-1-3-13-4-2-12/h5H,1-4,6-7,10H2. The monoisotopic (exact) mass is 197 g/mol. The van der Waals surface area contributed by atoms with Crippen LogP contribution < -0.4 is 5.73 Å². The van der Waals surface area contributed by atoms with Crippen molar-refractivity contribution in [3.8, 4) is 0 Å². The molecule has 1 aromatic rings. The van der Waals surface area contributed by atoms with Crippen LogP contribution in [0.3, 0.4) is 0 Å². The minimum Gasteiger partial charge on any atom is -0.379 e. The lowest BCUT2D eigenvalue weighted by Crippen LogP contribution is -2.35. The molecule has 1 saturated heterocycles. The van der Waals surface area contributed by atoms with E-state index < -0.39 is 0 Å². The maximum absolute atomic E-state index is 5.43. The van der Waals surface area contributed by atoms with Gasteiger partial charge in [-0.15, -0.1) is 0 Å². The Hall–Kier alpha value is -0.910. The van der Waals surface area contributed by atoms with Crippen molar-refractivity contribution in [1.29, 1.82) is 0 Å². The molecule has 0 amide bonds. The summed E-state index contributed by atoms with van der Waals surface area (Å²) in [6.45, 7) is 4.78. The first-order chi connectivity index (χ1) is 6.88. The van der Waals surface area contributed by atoms with Crippen molar-refractivity contribution >= 4 is 0 Å². The smallest absolute Gasteiger partial charge is 0.150 e. The Morgan fingerprint density at radius 3 is 2.86 bits per heavy atom. The molecule has 1 aliphatic heterocycles. The zero-order valence-electron chi connectivity index (χ0n) is 8.11. The van der Waals surface area contributed by atoms with Crippen molar-refractivity contribution < 1.29 is 9.26 Å². The molecule has 2 rings (SSSR count). The number of aromatic nitrogens is 1. The molecule has 0 aromatic carbocycles. The molecule has 0 aliphatic carbocycles. The third-order valence-electron chi connectivity index (χ3n) is 2.30. The molecule has 5 heteroatoms. The third-order valence-corrected chi connectivity index (χ3v) is 2.30. The van der Waals surface area contributed by atoms with E-state index in [1.807, 2.05) is 6.07 Å². The van der Waals surface area contributed by atoms with Crippen molar-refractivity contribution in [1.82, 2.24) is 10.1 Å². The van der Waals surface area contributed by atoms with Gasteiger partial charge in [0.1, 0.15) is 0 Å². The van der Waals surface area contributed by atoms with Crippen LogP contribution in [0.25, 0.3) is 0 Å². The molecule has 1 fully saturated rings. The Labute approximate surface area is 82.8 Å². The van der Waals surface area contributed by atoms with Crippen molar-refractivity contribution in [2.24, 2.45) is 5.73 Å². The van der Waals surface area contributed by atoms with E-state index in [0.717, 1.165) is 44.3 Å². The maximum Gasteiger partial charge on any atom is 0.150 e. The second-order valence-electron chi connectivity index (χ2n) is 3.38. The molecule has 5 nitrogen and oxygen atoms in total. The van der Waals surface area contributed by atoms with Gasteiger partial charge in [-0.05, 0) is 0 Å². The van der Waals surface area contributed by atoms with Crippen LogP contribution in [0.4, 0.5) is 0 Å². The van der Waals surface area contributed by atoms with Crippen molar-refractivity contribution in [3.63, 3.8) is 0 Å². The van der Waals surface area contributed by atoms with Gasteiger partial charge in [0.05, 0.1) is 25.5 Å². The summed E-state index contributed by atoms with van der Waals surface area (Å²) in [5.74, 6) is 0.744. The molecule has 0 radical (unpaired) electrons. The second kappa shape index (κ2) is 4.54. The average molecular weight is 197 g/mol. The molecule has 0 bridgehead atoms. The summed E-state index contributed by atoms with van der Waals surface area (Å²) in [4.78, 5) is 2.29. The Bertz CT molecular complexity index is 281. The average Bonchev–Trinajstić information content (AvgIpc) is 2.67. The quantitative estimate of drug-likeness (QED) is 0.737. The minimum atomic E-state index is 0.413. The number of ether oxygens (including phenoxy) is 1. The highest BCUT2D eigenvalue weighted by molar-refractivity contribution is 5.04. The summed E-state index contributed by atoms with van der Waals surface area (Å²) < 4.78 is 10.3. The van der Waals surface area contributed by atoms with E-state index in [0.29, 0.717) is 6.54 Å². The summed E-state index contributed by atoms with van der Waals surface area (Å²) in [6.07, 6.45) is 0. The highest BCUT2D eigenvalue weighted by atomic mass is 16.5. The van der Waals surface area contributed by atoms with Gasteiger partial charge in [-0.1, -0.05) is 5.16 Å². The van der Waals surface area contributed by atoms with Gasteiger partial charge in [0.15, 0.2) is 5.76 Å². The molecule has 2 N–H and O–H groups in total. The number of rotatable bonds is 3. The molecule has 0 atom stereocenters. The summed E-state index contributed by atoms with van der Waals surface area (Å²) in [6, 6.07) is 1.91. The Balaban J connectivity index is 1.89. The van der Waals surface area contributed by atoms with E-state index in [1.165, 1.54) is 0 Å². The number of morpholine rings is 1. The van der Waals surface area contributed by atoms with E-state index >= 15 is 0 Å². The summed E-state index contributed by atoms with van der Waals surface area (Å²) in [5, 5.41) is 3.94. The van der Waals surface area contributed by atoms with Crippen molar-refractivity contribution in [2.75, 3.05) is 26.3 Å². The Kier molecular flexibility index (Phi) is 3.13. The largest absolute Gasteiger partial charge is 0.379 e. The number of hydrogen-bond donors (Lipinski definition) is 1. The van der Waals surface area contributed by atoms with Crippen LogP contribution in [-0.4, -0.2) is 36.4 Å². The normalized spacial score (nSPS) is 18.6. The minimum absolute atomic E-state index is 0.413. The van der Waals surface area contributed by atoms with Crippen LogP contribution in [0.15, 0.2) is 10.6 Å². The van der Waals surface area contributed by atoms with E-state index in [-0.39, 0.29) is 0 Å². The van der Waals surface area contributed by atoms with Gasteiger partial charge in [0.2, 0.25) is 0 Å². The molecular formula is C9H15N3O2. The molecular weight excluding hydrogens is 182 g/mol. The fourth-order valence-corrected chi connectivity index (χ4v) is 1.51. The molecule has 2 heterocycles. The van der Waals surface area contributed by atoms with E-state index in [4.69, 9.17) is 15.0 Å². The molecule has 14 heavy (non-hydrogen) atoms. The zero-order chi connectivity index (χ0) is 9.80. The van der Waals surface area contributed by atoms with Crippen LogP contribution in [0, 0.1) is 0 Å². The van der Waals surface area contributed by atoms with E-state index in [2.05, 4.69) is 10.1 Å². The van der Waals surface area contributed by atoms with E-state index in [1.54, 1.807) is 0 Å². The van der Waals surface area contributed by atoms with E-state index in [9.17, 15) is 0 Å². The SMILES string of the molecule is NCc1cc(CN2CCOCC2)no1. The third kappa shape index (κ3) is 2.31. The van der Waals surface area contributed by atoms with Crippen molar-refractivity contribution in [3.05, 3.63) is 17.5 Å². The molecule has 0 unspecified atom stereocenters. The number of nitrogens with zero attached hydrogens (tertiary/aromatic N) is 2. The van der Waals surface area contributed by atoms with Crippen LogP contribution in [-0.2, 0) is 17.8 Å². The van der Waals surface area contributed by atoms with Gasteiger partial charge in [-0.3, -0.25) is 4.90 Å². The van der Waals surface area contributed by atoms with Gasteiger partial charge in [0, 0.05) is 25.7 Å². The summed E-state index contributed by atoms with van der Waals surface area (Å²) >= 11 is 0. The second-order valence-corrected chi connectivity index (χ2v) is 3.38. The topological polar surface area (TPSA) is 64.5 Å². The zero-order valence-corrected chi connectivity index (χ0v) is 8.11. The number of hydrogen-bond acceptors (Lipinski definition) is 5. The van der Waals surface area contributed by atoms with Crippen LogP contribution in [0.2, 0.25) is 0 Å². The molecule has 1 aliphatic rings. The molecule has 78 valence electrons. The number of nitrogens with two attached hydrogens (primary N) is 1. The molecule has 1 aromatic heterocycles. The summed E-state index contributed by atoms with van der Waals surface area (Å²) in [7, 11) is 0. The lowest BCUT2D eigenvalue weighted by molar-refractivity contribution is 0.0332. The summed E-state index contributed by atoms with van der Waals surface area (Å²) in [5.41, 5.74) is 6.38. The lowest BCUT2D eigenvalue weighted by atomic mass is 10.3. The Morgan fingerprint density at radius 2 is 2.21 bits per heavy atom. The van der Waals surface area contributed by atoms with Gasteiger partial charge in [-0.25, -0.2) is 0 Å². The highest BCUT2D eigenvalue weighted by Gasteiger charge is 2.12. The first-order valence-electron chi connectivity index (χ1n) is 4.83. The van der Waals surface area contributed by atoms with Crippen LogP contribution in [0.5, 0.6) is 0 Å². The maximum atomic E-state index is 5.43. The highest BCUT2D eigenvalue weighted by Crippen LogP contribution is 2.07. The first kappa shape index (κ1) is 9.64. The van der Waals surface area contributed by atoms with Gasteiger partial charge >= 0.3 is 0 Å². The molecule has 0 spiro atoms. The lowest BCUT2D eigenvalue weighted by Gasteiger charge is -2.25. The first-order valence-corrected chi connectivity index (χ1v) is 4.83. The van der Waals surface area contributed by atoms with Crippen LogP contribution >= 0.6 is 0 Å². The fourth-order valence-electron chi connectivity index (χ4n) is 1.51. The van der Waals surface area contributed by atoms with Gasteiger partial charge in [0.25, 0.3) is 0 Å². The molecule has 0 saturated carbocycles. The predicted octanol–water partition coefficient (Wildman–Crippen LogP) is -0.0345. The Morgan fingerprint density at radius 1 is 1.43 bits per heavy atom. The van der Waals surface area contributed by atoms with Gasteiger partial charge in [-0.2, -0.15) is 0 Å². The predicted molar refractivity (Wildman–Crippen MR) is 50.5 cm³/mol. The van der Waals surface area contributed by atoms with Crippen molar-refractivity contribution in [2.45, 2.75) is 13.1 Å².